The van der Waals surface area contributed by atoms with Crippen LogP contribution in [0.5, 0.6) is 5.75 Å². The molecule has 0 aliphatic carbocycles. The summed E-state index contributed by atoms with van der Waals surface area (Å²) in [4.78, 5) is 12.1. The number of allylic oxidation sites excluding steroid dienone is 1. The van der Waals surface area contributed by atoms with Gasteiger partial charge in [0.15, 0.2) is 0 Å². The normalized spacial score (nSPS) is 13.1. The predicted octanol–water partition coefficient (Wildman–Crippen LogP) is 5.63. The number of halogens is 2. The second-order valence-corrected chi connectivity index (χ2v) is 6.85. The Balaban J connectivity index is 1.86. The van der Waals surface area contributed by atoms with Crippen molar-refractivity contribution in [1.29, 1.82) is 0 Å². The summed E-state index contributed by atoms with van der Waals surface area (Å²) in [6, 6.07) is 17.2. The van der Waals surface area contributed by atoms with Gasteiger partial charge < -0.3 is 15.5 Å². The summed E-state index contributed by atoms with van der Waals surface area (Å²) >= 11 is 0. The Hall–Kier alpha value is -3.67. The lowest BCUT2D eigenvalue weighted by Crippen LogP contribution is -2.27. The standard InChI is InChI=1S/C24H21F2NO3/c25-18-8-4-16(5-9-18)2-1-3-22(24(29)30)23(17-6-14-21(28)15-7-17)27-20-12-10-19(26)11-13-20/h1-2,4-15,22-23,27-28H,3H2,(H,29,30)/b2-1+/t22-,23-/m1/s1. The third kappa shape index (κ3) is 5.67. The first-order valence-electron chi connectivity index (χ1n) is 9.38. The van der Waals surface area contributed by atoms with Gasteiger partial charge in [-0.05, 0) is 66.1 Å². The van der Waals surface area contributed by atoms with Crippen molar-refractivity contribution >= 4 is 17.7 Å². The Labute approximate surface area is 173 Å². The van der Waals surface area contributed by atoms with Crippen molar-refractivity contribution in [2.75, 3.05) is 5.32 Å². The van der Waals surface area contributed by atoms with Gasteiger partial charge in [-0.25, -0.2) is 8.78 Å². The van der Waals surface area contributed by atoms with E-state index in [1.807, 2.05) is 0 Å². The van der Waals surface area contributed by atoms with Crippen LogP contribution in [0, 0.1) is 17.6 Å². The minimum absolute atomic E-state index is 0.0716. The summed E-state index contributed by atoms with van der Waals surface area (Å²) in [5, 5.41) is 22.6. The fourth-order valence-corrected chi connectivity index (χ4v) is 3.13. The van der Waals surface area contributed by atoms with Crippen LogP contribution in [0.4, 0.5) is 14.5 Å². The molecule has 0 bridgehead atoms. The third-order valence-corrected chi connectivity index (χ3v) is 4.71. The van der Waals surface area contributed by atoms with Gasteiger partial charge in [0.25, 0.3) is 0 Å². The highest BCUT2D eigenvalue weighted by Crippen LogP contribution is 2.31. The number of nitrogens with one attached hydrogen (secondary N) is 1. The van der Waals surface area contributed by atoms with E-state index in [-0.39, 0.29) is 18.0 Å². The highest BCUT2D eigenvalue weighted by Gasteiger charge is 2.28. The minimum Gasteiger partial charge on any atom is -0.508 e. The molecule has 3 N–H and O–H groups in total. The van der Waals surface area contributed by atoms with Crippen LogP contribution >= 0.6 is 0 Å². The van der Waals surface area contributed by atoms with Crippen LogP contribution in [0.3, 0.4) is 0 Å². The molecule has 0 saturated heterocycles. The Kier molecular flexibility index (Phi) is 6.80. The van der Waals surface area contributed by atoms with E-state index < -0.39 is 23.7 Å². The number of carboxylic acid groups (broad SMARTS) is 1. The molecule has 0 saturated carbocycles. The minimum atomic E-state index is -1.01. The fraction of sp³-hybridized carbons (Fsp3) is 0.125. The molecule has 0 aromatic heterocycles. The lowest BCUT2D eigenvalue weighted by molar-refractivity contribution is -0.142. The molecule has 0 amide bonds. The number of phenols is 1. The number of aliphatic carboxylic acids is 1. The van der Waals surface area contributed by atoms with Crippen molar-refractivity contribution in [3.63, 3.8) is 0 Å². The SMILES string of the molecule is O=C(O)[C@H](C/C=C/c1ccc(F)cc1)[C@H](Nc1ccc(F)cc1)c1ccc(O)cc1. The Morgan fingerprint density at radius 2 is 1.47 bits per heavy atom. The van der Waals surface area contributed by atoms with E-state index in [0.29, 0.717) is 11.3 Å². The van der Waals surface area contributed by atoms with Gasteiger partial charge >= 0.3 is 5.97 Å². The highest BCUT2D eigenvalue weighted by molar-refractivity contribution is 5.73. The number of aromatic hydroxyl groups is 1. The van der Waals surface area contributed by atoms with Crippen molar-refractivity contribution in [3.05, 3.63) is 102 Å². The van der Waals surface area contributed by atoms with Crippen LogP contribution < -0.4 is 5.32 Å². The van der Waals surface area contributed by atoms with Crippen LogP contribution in [0.15, 0.2) is 78.9 Å². The monoisotopic (exact) mass is 409 g/mol. The molecule has 0 aliphatic heterocycles. The molecule has 0 fully saturated rings. The maximum absolute atomic E-state index is 13.2. The number of phenolic OH excluding ortho intramolecular Hbond substituents is 1. The molecule has 0 spiro atoms. The molecule has 0 radical (unpaired) electrons. The number of hydrogen-bond acceptors (Lipinski definition) is 3. The molecule has 0 heterocycles. The Bertz CT molecular complexity index is 1000. The van der Waals surface area contributed by atoms with E-state index in [1.165, 1.54) is 48.5 Å². The molecule has 0 unspecified atom stereocenters. The van der Waals surface area contributed by atoms with E-state index >= 15 is 0 Å². The molecular weight excluding hydrogens is 388 g/mol. The van der Waals surface area contributed by atoms with Gasteiger partial charge in [-0.1, -0.05) is 36.4 Å². The zero-order valence-corrected chi connectivity index (χ0v) is 16.0. The van der Waals surface area contributed by atoms with Gasteiger partial charge in [-0.2, -0.15) is 0 Å². The molecule has 3 aromatic rings. The van der Waals surface area contributed by atoms with E-state index in [9.17, 15) is 23.8 Å². The Morgan fingerprint density at radius 1 is 0.900 bits per heavy atom. The number of carbonyl (C=O) groups is 1. The first-order chi connectivity index (χ1) is 14.4. The summed E-state index contributed by atoms with van der Waals surface area (Å²) in [6.45, 7) is 0. The summed E-state index contributed by atoms with van der Waals surface area (Å²) in [5.74, 6) is -2.52. The van der Waals surface area contributed by atoms with Crippen LogP contribution in [0.25, 0.3) is 6.08 Å². The van der Waals surface area contributed by atoms with Crippen molar-refractivity contribution in [1.82, 2.24) is 0 Å². The summed E-state index contributed by atoms with van der Waals surface area (Å²) in [7, 11) is 0. The van der Waals surface area contributed by atoms with Crippen LogP contribution in [0.2, 0.25) is 0 Å². The molecule has 0 aliphatic rings. The number of carboxylic acids is 1. The molecule has 154 valence electrons. The van der Waals surface area contributed by atoms with Gasteiger partial charge in [-0.3, -0.25) is 4.79 Å². The van der Waals surface area contributed by atoms with Crippen LogP contribution in [-0.4, -0.2) is 16.2 Å². The van der Waals surface area contributed by atoms with Gasteiger partial charge in [0.1, 0.15) is 17.4 Å². The van der Waals surface area contributed by atoms with Gasteiger partial charge in [0.2, 0.25) is 0 Å². The average molecular weight is 409 g/mol. The first kappa shape index (κ1) is 21.0. The molecule has 3 aromatic carbocycles. The molecule has 2 atom stereocenters. The topological polar surface area (TPSA) is 69.6 Å². The lowest BCUT2D eigenvalue weighted by atomic mass is 9.89. The molecule has 6 heteroatoms. The second kappa shape index (κ2) is 9.69. The summed E-state index contributed by atoms with van der Waals surface area (Å²) in [6.07, 6.45) is 3.67. The number of rotatable bonds is 8. The summed E-state index contributed by atoms with van der Waals surface area (Å²) in [5.41, 5.74) is 2.00. The zero-order valence-electron chi connectivity index (χ0n) is 16.0. The van der Waals surface area contributed by atoms with Gasteiger partial charge in [-0.15, -0.1) is 0 Å². The van der Waals surface area contributed by atoms with Crippen molar-refractivity contribution < 1.29 is 23.8 Å². The van der Waals surface area contributed by atoms with Crippen molar-refractivity contribution in [2.45, 2.75) is 12.5 Å². The molecule has 30 heavy (non-hydrogen) atoms. The molecule has 4 nitrogen and oxygen atoms in total. The van der Waals surface area contributed by atoms with E-state index in [4.69, 9.17) is 0 Å². The number of benzene rings is 3. The predicted molar refractivity (Wildman–Crippen MR) is 112 cm³/mol. The average Bonchev–Trinajstić information content (AvgIpc) is 2.73. The Morgan fingerprint density at radius 3 is 2.03 bits per heavy atom. The van der Waals surface area contributed by atoms with E-state index in [1.54, 1.807) is 36.4 Å². The number of hydrogen-bond donors (Lipinski definition) is 3. The van der Waals surface area contributed by atoms with Crippen molar-refractivity contribution in [3.8, 4) is 5.75 Å². The highest BCUT2D eigenvalue weighted by atomic mass is 19.1. The first-order valence-corrected chi connectivity index (χ1v) is 9.38. The van der Waals surface area contributed by atoms with Crippen LogP contribution in [-0.2, 0) is 4.79 Å². The smallest absolute Gasteiger partial charge is 0.309 e. The fourth-order valence-electron chi connectivity index (χ4n) is 3.13. The maximum atomic E-state index is 13.2. The van der Waals surface area contributed by atoms with E-state index in [2.05, 4.69) is 5.32 Å². The molecular formula is C24H21F2NO3. The largest absolute Gasteiger partial charge is 0.508 e. The second-order valence-electron chi connectivity index (χ2n) is 6.85. The van der Waals surface area contributed by atoms with E-state index in [0.717, 1.165) is 5.56 Å². The maximum Gasteiger partial charge on any atom is 0.309 e. The lowest BCUT2D eigenvalue weighted by Gasteiger charge is -2.26. The third-order valence-electron chi connectivity index (χ3n) is 4.71. The zero-order chi connectivity index (χ0) is 21.5. The van der Waals surface area contributed by atoms with Crippen molar-refractivity contribution in [2.24, 2.45) is 5.92 Å². The quantitative estimate of drug-likeness (QED) is 0.451. The van der Waals surface area contributed by atoms with Gasteiger partial charge in [0, 0.05) is 5.69 Å². The van der Waals surface area contributed by atoms with Crippen LogP contribution in [0.1, 0.15) is 23.6 Å². The number of anilines is 1. The van der Waals surface area contributed by atoms with Gasteiger partial charge in [0.05, 0.1) is 12.0 Å². The molecule has 3 rings (SSSR count). The summed E-state index contributed by atoms with van der Waals surface area (Å²) < 4.78 is 26.3.